The molecule has 0 spiro atoms. The van der Waals surface area contributed by atoms with E-state index in [9.17, 15) is 0 Å². The summed E-state index contributed by atoms with van der Waals surface area (Å²) in [6, 6.07) is 2.08. The Bertz CT molecular complexity index is 252. The van der Waals surface area contributed by atoms with Gasteiger partial charge >= 0.3 is 0 Å². The normalized spacial score (nSPS) is 11.7. The molecule has 0 aromatic carbocycles. The van der Waals surface area contributed by atoms with Crippen molar-refractivity contribution in [3.63, 3.8) is 0 Å². The Morgan fingerprint density at radius 1 is 1.50 bits per heavy atom. The monoisotopic (exact) mass is 195 g/mol. The van der Waals surface area contributed by atoms with E-state index in [0.717, 1.165) is 19.5 Å². The van der Waals surface area contributed by atoms with Crippen LogP contribution >= 0.6 is 0 Å². The lowest BCUT2D eigenvalue weighted by Crippen LogP contribution is -2.29. The molecule has 1 rings (SSSR count). The highest BCUT2D eigenvalue weighted by Crippen LogP contribution is 2.20. The van der Waals surface area contributed by atoms with Crippen molar-refractivity contribution < 1.29 is 0 Å². The molecule has 0 saturated carbocycles. The van der Waals surface area contributed by atoms with Gasteiger partial charge in [0.15, 0.2) is 0 Å². The van der Waals surface area contributed by atoms with Gasteiger partial charge in [-0.2, -0.15) is 0 Å². The minimum absolute atomic E-state index is 0.241. The average Bonchev–Trinajstić information content (AvgIpc) is 2.67. The zero-order valence-electron chi connectivity index (χ0n) is 9.38. The first-order valence-corrected chi connectivity index (χ1v) is 5.09. The molecule has 0 fully saturated rings. The molecule has 0 saturated heterocycles. The van der Waals surface area contributed by atoms with Gasteiger partial charge in [0.2, 0.25) is 0 Å². The van der Waals surface area contributed by atoms with Crippen molar-refractivity contribution in [3.05, 3.63) is 18.5 Å². The molecule has 0 aliphatic carbocycles. The Kier molecular flexibility index (Phi) is 3.58. The Labute approximate surface area is 86.3 Å². The summed E-state index contributed by atoms with van der Waals surface area (Å²) in [5.74, 6) is 0. The summed E-state index contributed by atoms with van der Waals surface area (Å²) >= 11 is 0. The molecular formula is C11H21N3. The number of anilines is 1. The maximum absolute atomic E-state index is 5.69. The third kappa shape index (κ3) is 3.07. The van der Waals surface area contributed by atoms with Gasteiger partial charge in [-0.15, -0.1) is 0 Å². The molecule has 3 heteroatoms. The zero-order valence-corrected chi connectivity index (χ0v) is 9.38. The van der Waals surface area contributed by atoms with Crippen molar-refractivity contribution in [1.29, 1.82) is 0 Å². The van der Waals surface area contributed by atoms with Crippen LogP contribution in [0.1, 0.15) is 20.3 Å². The maximum atomic E-state index is 5.69. The van der Waals surface area contributed by atoms with Crippen LogP contribution < -0.4 is 10.6 Å². The highest BCUT2D eigenvalue weighted by atomic mass is 15.1. The second-order valence-electron chi connectivity index (χ2n) is 4.61. The standard InChI is InChI=1S/C11H21N3/c1-11(2,9-12)5-7-14(3)10-4-6-13-8-10/h4,6,8,13H,5,7,9,12H2,1-3H3. The fourth-order valence-corrected chi connectivity index (χ4v) is 1.25. The first kappa shape index (κ1) is 11.1. The summed E-state index contributed by atoms with van der Waals surface area (Å²) < 4.78 is 0. The molecule has 0 aliphatic rings. The summed E-state index contributed by atoms with van der Waals surface area (Å²) in [7, 11) is 2.11. The van der Waals surface area contributed by atoms with Crippen LogP contribution in [0.4, 0.5) is 5.69 Å². The van der Waals surface area contributed by atoms with Crippen molar-refractivity contribution in [1.82, 2.24) is 4.98 Å². The van der Waals surface area contributed by atoms with Crippen LogP contribution in [0, 0.1) is 5.41 Å². The van der Waals surface area contributed by atoms with Gasteiger partial charge in [-0.3, -0.25) is 0 Å². The molecule has 80 valence electrons. The van der Waals surface area contributed by atoms with Crippen molar-refractivity contribution in [3.8, 4) is 0 Å². The number of hydrogen-bond acceptors (Lipinski definition) is 2. The molecule has 3 N–H and O–H groups in total. The molecule has 1 aromatic rings. The number of nitrogens with one attached hydrogen (secondary N) is 1. The molecular weight excluding hydrogens is 174 g/mol. The van der Waals surface area contributed by atoms with Gasteiger partial charge in [0, 0.05) is 26.0 Å². The van der Waals surface area contributed by atoms with Crippen LogP contribution in [0.3, 0.4) is 0 Å². The second-order valence-corrected chi connectivity index (χ2v) is 4.61. The molecule has 0 bridgehead atoms. The molecule has 3 nitrogen and oxygen atoms in total. The largest absolute Gasteiger partial charge is 0.373 e. The van der Waals surface area contributed by atoms with Gasteiger partial charge in [-0.05, 0) is 24.4 Å². The number of nitrogens with zero attached hydrogens (tertiary/aromatic N) is 1. The predicted molar refractivity (Wildman–Crippen MR) is 61.5 cm³/mol. The van der Waals surface area contributed by atoms with Crippen LogP contribution in [0.15, 0.2) is 18.5 Å². The fourth-order valence-electron chi connectivity index (χ4n) is 1.25. The second kappa shape index (κ2) is 4.51. The molecule has 14 heavy (non-hydrogen) atoms. The molecule has 0 aliphatic heterocycles. The van der Waals surface area contributed by atoms with Gasteiger partial charge in [-0.1, -0.05) is 13.8 Å². The van der Waals surface area contributed by atoms with Crippen LogP contribution in [0.5, 0.6) is 0 Å². The minimum atomic E-state index is 0.241. The first-order valence-electron chi connectivity index (χ1n) is 5.09. The zero-order chi connectivity index (χ0) is 10.6. The number of rotatable bonds is 5. The lowest BCUT2D eigenvalue weighted by atomic mass is 9.89. The fraction of sp³-hybridized carbons (Fsp3) is 0.636. The first-order chi connectivity index (χ1) is 6.55. The van der Waals surface area contributed by atoms with E-state index in [1.54, 1.807) is 0 Å². The van der Waals surface area contributed by atoms with Crippen molar-refractivity contribution in [2.24, 2.45) is 11.1 Å². The van der Waals surface area contributed by atoms with E-state index >= 15 is 0 Å². The minimum Gasteiger partial charge on any atom is -0.373 e. The van der Waals surface area contributed by atoms with Gasteiger partial charge in [0.1, 0.15) is 0 Å². The smallest absolute Gasteiger partial charge is 0.0541 e. The molecule has 1 aromatic heterocycles. The van der Waals surface area contributed by atoms with E-state index < -0.39 is 0 Å². The number of hydrogen-bond donors (Lipinski definition) is 2. The summed E-state index contributed by atoms with van der Waals surface area (Å²) in [6.07, 6.45) is 5.07. The number of H-pyrrole nitrogens is 1. The van der Waals surface area contributed by atoms with E-state index in [4.69, 9.17) is 5.73 Å². The van der Waals surface area contributed by atoms with Gasteiger partial charge < -0.3 is 15.6 Å². The lowest BCUT2D eigenvalue weighted by Gasteiger charge is -2.26. The number of nitrogens with two attached hydrogens (primary N) is 1. The Morgan fingerprint density at radius 3 is 2.71 bits per heavy atom. The summed E-state index contributed by atoms with van der Waals surface area (Å²) in [6.45, 7) is 6.20. The summed E-state index contributed by atoms with van der Waals surface area (Å²) in [5.41, 5.74) is 7.16. The van der Waals surface area contributed by atoms with Crippen molar-refractivity contribution in [2.75, 3.05) is 25.0 Å². The Balaban J connectivity index is 2.39. The van der Waals surface area contributed by atoms with Gasteiger partial charge in [0.25, 0.3) is 0 Å². The molecule has 0 atom stereocenters. The van der Waals surface area contributed by atoms with Gasteiger partial charge in [-0.25, -0.2) is 0 Å². The SMILES string of the molecule is CN(CCC(C)(C)CN)c1cc[nH]c1. The highest BCUT2D eigenvalue weighted by molar-refractivity contribution is 5.42. The van der Waals surface area contributed by atoms with E-state index in [0.29, 0.717) is 0 Å². The molecule has 0 radical (unpaired) electrons. The Morgan fingerprint density at radius 2 is 2.21 bits per heavy atom. The van der Waals surface area contributed by atoms with E-state index in [2.05, 4.69) is 36.8 Å². The quantitative estimate of drug-likeness (QED) is 0.753. The van der Waals surface area contributed by atoms with Crippen molar-refractivity contribution >= 4 is 5.69 Å². The van der Waals surface area contributed by atoms with Crippen molar-refractivity contribution in [2.45, 2.75) is 20.3 Å². The average molecular weight is 195 g/mol. The predicted octanol–water partition coefficient (Wildman–Crippen LogP) is 1.83. The number of aromatic amines is 1. The summed E-state index contributed by atoms with van der Waals surface area (Å²) in [4.78, 5) is 5.30. The van der Waals surface area contributed by atoms with Crippen LogP contribution in [0.25, 0.3) is 0 Å². The Hall–Kier alpha value is -0.960. The lowest BCUT2D eigenvalue weighted by molar-refractivity contribution is 0.351. The highest BCUT2D eigenvalue weighted by Gasteiger charge is 2.16. The van der Waals surface area contributed by atoms with E-state index in [-0.39, 0.29) is 5.41 Å². The van der Waals surface area contributed by atoms with Gasteiger partial charge in [0.05, 0.1) is 5.69 Å². The third-order valence-corrected chi connectivity index (χ3v) is 2.70. The molecule has 0 unspecified atom stereocenters. The topological polar surface area (TPSA) is 45.0 Å². The summed E-state index contributed by atoms with van der Waals surface area (Å²) in [5, 5.41) is 0. The van der Waals surface area contributed by atoms with Crippen LogP contribution in [-0.4, -0.2) is 25.1 Å². The van der Waals surface area contributed by atoms with E-state index in [1.807, 2.05) is 12.4 Å². The third-order valence-electron chi connectivity index (χ3n) is 2.70. The molecule has 0 amide bonds. The maximum Gasteiger partial charge on any atom is 0.0541 e. The molecule has 1 heterocycles. The van der Waals surface area contributed by atoms with Crippen LogP contribution in [-0.2, 0) is 0 Å². The van der Waals surface area contributed by atoms with E-state index in [1.165, 1.54) is 5.69 Å². The van der Waals surface area contributed by atoms with Crippen LogP contribution in [0.2, 0.25) is 0 Å². The number of aromatic nitrogens is 1.